The molecular formula is C21H23NO9. The Morgan fingerprint density at radius 3 is 1.97 bits per heavy atom. The quantitative estimate of drug-likeness (QED) is 0.243. The monoisotopic (exact) mass is 433 g/mol. The molecule has 0 fully saturated rings. The van der Waals surface area contributed by atoms with E-state index in [1.165, 1.54) is 0 Å². The number of quaternary nitrogens is 1. The van der Waals surface area contributed by atoms with E-state index in [-0.39, 0.29) is 19.6 Å². The highest BCUT2D eigenvalue weighted by Gasteiger charge is 2.26. The fraction of sp³-hybridized carbons (Fsp3) is 0.238. The molecule has 1 unspecified atom stereocenters. The van der Waals surface area contributed by atoms with E-state index in [0.717, 1.165) is 5.56 Å². The summed E-state index contributed by atoms with van der Waals surface area (Å²) < 4.78 is 10.6. The molecule has 0 aliphatic carbocycles. The molecule has 0 aliphatic rings. The molecule has 2 rings (SSSR count). The fourth-order valence-electron chi connectivity index (χ4n) is 2.27. The third-order valence-corrected chi connectivity index (χ3v) is 3.69. The zero-order valence-electron chi connectivity index (χ0n) is 16.5. The number of carbonyl (C=O) groups excluding carboxylic acids is 2. The number of carboxylic acids is 3. The Hall–Kier alpha value is -3.92. The standard InChI is InChI=1S/C19H21NO5.C2H2O4/c21-18(22)13-17(20-14-15-7-3-1-4-8-15)19(23)25-12-11-24-16-9-5-2-6-10-16;3-1(4)2(5)6/h1-10,17,20H,11-14H2,(H,21,22);(H,3,4)(H,5,6). The molecule has 0 heterocycles. The van der Waals surface area contributed by atoms with Crippen LogP contribution in [0.25, 0.3) is 0 Å². The molecule has 10 heteroatoms. The van der Waals surface area contributed by atoms with Gasteiger partial charge < -0.3 is 34.9 Å². The van der Waals surface area contributed by atoms with Gasteiger partial charge in [0.05, 0.1) is 0 Å². The third-order valence-electron chi connectivity index (χ3n) is 3.69. The van der Waals surface area contributed by atoms with E-state index in [1.54, 1.807) is 5.32 Å². The van der Waals surface area contributed by atoms with Crippen LogP contribution >= 0.6 is 0 Å². The number of esters is 1. The van der Waals surface area contributed by atoms with Gasteiger partial charge >= 0.3 is 17.9 Å². The summed E-state index contributed by atoms with van der Waals surface area (Å²) in [5, 5.41) is 27.0. The first-order valence-corrected chi connectivity index (χ1v) is 9.17. The van der Waals surface area contributed by atoms with Crippen LogP contribution < -0.4 is 15.2 Å². The summed E-state index contributed by atoms with van der Waals surface area (Å²) in [5.74, 6) is -4.90. The van der Waals surface area contributed by atoms with Gasteiger partial charge in [0, 0.05) is 5.56 Å². The van der Waals surface area contributed by atoms with E-state index in [4.69, 9.17) is 34.4 Å². The summed E-state index contributed by atoms with van der Waals surface area (Å²) in [5.41, 5.74) is 1.01. The first-order valence-electron chi connectivity index (χ1n) is 9.17. The van der Waals surface area contributed by atoms with Crippen molar-refractivity contribution in [2.45, 2.75) is 19.0 Å². The highest BCUT2D eigenvalue weighted by Crippen LogP contribution is 2.07. The molecule has 0 spiro atoms. The highest BCUT2D eigenvalue weighted by molar-refractivity contribution is 6.26. The average Bonchev–Trinajstić information content (AvgIpc) is 2.75. The van der Waals surface area contributed by atoms with Crippen LogP contribution in [0.1, 0.15) is 12.0 Å². The minimum atomic E-state index is -2.07. The van der Waals surface area contributed by atoms with Crippen LogP contribution in [0.5, 0.6) is 5.75 Å². The second-order valence-corrected chi connectivity index (χ2v) is 6.05. The Kier molecular flexibility index (Phi) is 11.4. The third kappa shape index (κ3) is 11.6. The lowest BCUT2D eigenvalue weighted by atomic mass is 10.1. The van der Waals surface area contributed by atoms with Crippen molar-refractivity contribution in [2.24, 2.45) is 0 Å². The van der Waals surface area contributed by atoms with Crippen molar-refractivity contribution in [3.8, 4) is 5.75 Å². The number of carbonyl (C=O) groups is 4. The number of rotatable bonds is 10. The maximum absolute atomic E-state index is 12.1. The number of aliphatic carboxylic acids is 3. The maximum atomic E-state index is 12.1. The van der Waals surface area contributed by atoms with Crippen molar-refractivity contribution < 1.29 is 49.3 Å². The molecule has 10 nitrogen and oxygen atoms in total. The minimum absolute atomic E-state index is 0.0724. The molecule has 1 atom stereocenters. The lowest BCUT2D eigenvalue weighted by molar-refractivity contribution is -0.692. The molecule has 0 saturated heterocycles. The van der Waals surface area contributed by atoms with E-state index < -0.39 is 29.9 Å². The number of hydrogen-bond donors (Lipinski definition) is 3. The van der Waals surface area contributed by atoms with Gasteiger partial charge in [-0.05, 0) is 12.1 Å². The SMILES string of the molecule is O=C(O)CC([NH2+]Cc1ccccc1)C(=O)OCCOc1ccccc1.O=C([O-])C(=O)O. The second kappa shape index (κ2) is 14.1. The molecule has 2 aromatic rings. The Labute approximate surface area is 178 Å². The lowest BCUT2D eigenvalue weighted by Crippen LogP contribution is -2.91. The number of carboxylic acid groups (broad SMARTS) is 3. The van der Waals surface area contributed by atoms with Crippen LogP contribution in [0.4, 0.5) is 0 Å². The summed E-state index contributed by atoms with van der Waals surface area (Å²) in [4.78, 5) is 41.2. The number of para-hydroxylation sites is 1. The molecule has 0 aliphatic heterocycles. The van der Waals surface area contributed by atoms with Crippen LogP contribution in [0, 0.1) is 0 Å². The van der Waals surface area contributed by atoms with E-state index in [9.17, 15) is 9.59 Å². The minimum Gasteiger partial charge on any atom is -0.539 e. The van der Waals surface area contributed by atoms with Crippen molar-refractivity contribution in [2.75, 3.05) is 13.2 Å². The molecule has 0 amide bonds. The first kappa shape index (κ1) is 25.1. The van der Waals surface area contributed by atoms with E-state index in [0.29, 0.717) is 12.3 Å². The van der Waals surface area contributed by atoms with Crippen molar-refractivity contribution in [1.82, 2.24) is 0 Å². The molecule has 166 valence electrons. The summed E-state index contributed by atoms with van der Waals surface area (Å²) >= 11 is 0. The summed E-state index contributed by atoms with van der Waals surface area (Å²) in [6.45, 7) is 0.797. The molecule has 4 N–H and O–H groups in total. The highest BCUT2D eigenvalue weighted by atomic mass is 16.6. The van der Waals surface area contributed by atoms with Crippen LogP contribution in [0.3, 0.4) is 0 Å². The number of hydrogen-bond acceptors (Lipinski definition) is 7. The molecule has 31 heavy (non-hydrogen) atoms. The molecule has 0 bridgehead atoms. The summed E-state index contributed by atoms with van der Waals surface area (Å²) in [6.07, 6.45) is -0.286. The van der Waals surface area contributed by atoms with E-state index >= 15 is 0 Å². The normalized spacial score (nSPS) is 10.7. The predicted octanol–water partition coefficient (Wildman–Crippen LogP) is -0.964. The zero-order chi connectivity index (χ0) is 23.1. The van der Waals surface area contributed by atoms with Gasteiger partial charge in [-0.15, -0.1) is 0 Å². The summed E-state index contributed by atoms with van der Waals surface area (Å²) in [7, 11) is 0. The molecule has 0 saturated carbocycles. The predicted molar refractivity (Wildman–Crippen MR) is 104 cm³/mol. The lowest BCUT2D eigenvalue weighted by Gasteiger charge is -2.13. The number of ether oxygens (including phenoxy) is 2. The molecule has 2 aromatic carbocycles. The molecule has 0 aromatic heterocycles. The van der Waals surface area contributed by atoms with Crippen LogP contribution in [0.2, 0.25) is 0 Å². The van der Waals surface area contributed by atoms with Crippen molar-refractivity contribution in [3.63, 3.8) is 0 Å². The van der Waals surface area contributed by atoms with Crippen LogP contribution in [-0.4, -0.2) is 53.3 Å². The van der Waals surface area contributed by atoms with Gasteiger partial charge in [-0.2, -0.15) is 0 Å². The zero-order valence-corrected chi connectivity index (χ0v) is 16.5. The largest absolute Gasteiger partial charge is 0.539 e. The number of benzene rings is 2. The molecular weight excluding hydrogens is 410 g/mol. The average molecular weight is 433 g/mol. The topological polar surface area (TPSA) is 167 Å². The maximum Gasteiger partial charge on any atom is 0.365 e. The van der Waals surface area contributed by atoms with Crippen molar-refractivity contribution >= 4 is 23.9 Å². The summed E-state index contributed by atoms with van der Waals surface area (Å²) in [6, 6.07) is 18.0. The van der Waals surface area contributed by atoms with Gasteiger partial charge in [0.25, 0.3) is 0 Å². The van der Waals surface area contributed by atoms with Gasteiger partial charge in [-0.25, -0.2) is 9.59 Å². The van der Waals surface area contributed by atoms with Crippen LogP contribution in [0.15, 0.2) is 60.7 Å². The van der Waals surface area contributed by atoms with Crippen molar-refractivity contribution in [3.05, 3.63) is 66.2 Å². The van der Waals surface area contributed by atoms with E-state index in [2.05, 4.69) is 0 Å². The Morgan fingerprint density at radius 1 is 0.903 bits per heavy atom. The van der Waals surface area contributed by atoms with Gasteiger partial charge in [0.15, 0.2) is 12.0 Å². The van der Waals surface area contributed by atoms with Crippen LogP contribution in [-0.2, 0) is 30.5 Å². The smallest absolute Gasteiger partial charge is 0.365 e. The van der Waals surface area contributed by atoms with Gasteiger partial charge in [-0.3, -0.25) is 4.79 Å². The van der Waals surface area contributed by atoms with Gasteiger partial charge in [0.2, 0.25) is 0 Å². The first-order chi connectivity index (χ1) is 14.8. The van der Waals surface area contributed by atoms with Crippen molar-refractivity contribution in [1.29, 1.82) is 0 Å². The molecule has 0 radical (unpaired) electrons. The Bertz CT molecular complexity index is 828. The fourth-order valence-corrected chi connectivity index (χ4v) is 2.27. The Morgan fingerprint density at radius 2 is 1.45 bits per heavy atom. The van der Waals surface area contributed by atoms with Gasteiger partial charge in [0.1, 0.15) is 31.9 Å². The number of nitrogens with two attached hydrogens (primary N) is 1. The second-order valence-electron chi connectivity index (χ2n) is 6.05. The van der Waals surface area contributed by atoms with E-state index in [1.807, 2.05) is 60.7 Å². The Balaban J connectivity index is 0.000000703. The van der Waals surface area contributed by atoms with Gasteiger partial charge in [-0.1, -0.05) is 48.5 Å².